The molecule has 5 nitrogen and oxygen atoms in total. The van der Waals surface area contributed by atoms with Crippen LogP contribution in [0.25, 0.3) is 10.8 Å². The van der Waals surface area contributed by atoms with Crippen LogP contribution in [-0.2, 0) is 10.0 Å². The first kappa shape index (κ1) is 19.1. The fourth-order valence-corrected chi connectivity index (χ4v) is 6.00. The Morgan fingerprint density at radius 3 is 2.25 bits per heavy atom. The molecule has 4 rings (SSSR count). The van der Waals surface area contributed by atoms with Crippen LogP contribution in [-0.4, -0.2) is 49.7 Å². The van der Waals surface area contributed by atoms with E-state index in [-0.39, 0.29) is 5.91 Å². The first-order valence-electron chi connectivity index (χ1n) is 9.21. The molecule has 1 aromatic heterocycles. The molecule has 0 radical (unpaired) electrons. The van der Waals surface area contributed by atoms with Crippen molar-refractivity contribution >= 4 is 38.0 Å². The van der Waals surface area contributed by atoms with Crippen molar-refractivity contribution in [2.45, 2.75) is 18.7 Å². The molecule has 1 aliphatic rings. The summed E-state index contributed by atoms with van der Waals surface area (Å²) in [6.45, 7) is 5.36. The molecular formula is C21H22N2O3S2. The summed E-state index contributed by atoms with van der Waals surface area (Å²) in [7, 11) is -3.57. The van der Waals surface area contributed by atoms with Gasteiger partial charge in [-0.1, -0.05) is 30.3 Å². The number of thiophene rings is 1. The van der Waals surface area contributed by atoms with Crippen molar-refractivity contribution in [3.63, 3.8) is 0 Å². The van der Waals surface area contributed by atoms with Crippen LogP contribution in [0.4, 0.5) is 0 Å². The number of hydrogen-bond acceptors (Lipinski definition) is 4. The van der Waals surface area contributed by atoms with Crippen molar-refractivity contribution in [1.29, 1.82) is 0 Å². The average Bonchev–Trinajstić information content (AvgIpc) is 3.05. The predicted octanol–water partition coefficient (Wildman–Crippen LogP) is 3.66. The lowest BCUT2D eigenvalue weighted by atomic mass is 10.1. The van der Waals surface area contributed by atoms with E-state index in [9.17, 15) is 13.2 Å². The number of hydrogen-bond donors (Lipinski definition) is 0. The molecular weight excluding hydrogens is 392 g/mol. The Bertz CT molecular complexity index is 1140. The number of amides is 1. The molecule has 146 valence electrons. The summed E-state index contributed by atoms with van der Waals surface area (Å²) >= 11 is 1.61. The van der Waals surface area contributed by atoms with E-state index in [1.807, 2.05) is 50.2 Å². The van der Waals surface area contributed by atoms with Gasteiger partial charge < -0.3 is 4.90 Å². The van der Waals surface area contributed by atoms with Crippen LogP contribution < -0.4 is 0 Å². The van der Waals surface area contributed by atoms with Gasteiger partial charge in [0.1, 0.15) is 0 Å². The Morgan fingerprint density at radius 2 is 1.61 bits per heavy atom. The summed E-state index contributed by atoms with van der Waals surface area (Å²) in [6.07, 6.45) is 0. The molecule has 1 amide bonds. The first-order chi connectivity index (χ1) is 13.4. The van der Waals surface area contributed by atoms with Crippen molar-refractivity contribution in [2.75, 3.05) is 26.2 Å². The van der Waals surface area contributed by atoms with Crippen molar-refractivity contribution in [3.05, 3.63) is 63.8 Å². The number of carbonyl (C=O) groups excluding carboxylic acids is 1. The quantitative estimate of drug-likeness (QED) is 0.657. The van der Waals surface area contributed by atoms with E-state index in [1.165, 1.54) is 4.31 Å². The van der Waals surface area contributed by atoms with Gasteiger partial charge in [-0.15, -0.1) is 11.3 Å². The van der Waals surface area contributed by atoms with E-state index < -0.39 is 10.0 Å². The third-order valence-electron chi connectivity index (χ3n) is 5.16. The van der Waals surface area contributed by atoms with Gasteiger partial charge in [0, 0.05) is 35.9 Å². The van der Waals surface area contributed by atoms with Gasteiger partial charge in [0.25, 0.3) is 5.91 Å². The highest BCUT2D eigenvalue weighted by Crippen LogP contribution is 2.25. The molecule has 0 atom stereocenters. The largest absolute Gasteiger partial charge is 0.336 e. The summed E-state index contributed by atoms with van der Waals surface area (Å²) in [5.74, 6) is -0.00963. The molecule has 1 saturated heterocycles. The second kappa shape index (κ2) is 7.31. The van der Waals surface area contributed by atoms with E-state index >= 15 is 0 Å². The van der Waals surface area contributed by atoms with E-state index in [0.717, 1.165) is 26.1 Å². The Labute approximate surface area is 169 Å². The maximum Gasteiger partial charge on any atom is 0.255 e. The summed E-state index contributed by atoms with van der Waals surface area (Å²) in [6, 6.07) is 14.8. The molecule has 0 spiro atoms. The molecule has 0 aliphatic carbocycles. The third-order valence-corrected chi connectivity index (χ3v) is 8.02. The topological polar surface area (TPSA) is 57.7 Å². The van der Waals surface area contributed by atoms with Gasteiger partial charge >= 0.3 is 0 Å². The van der Waals surface area contributed by atoms with E-state index in [4.69, 9.17) is 0 Å². The second-order valence-electron chi connectivity index (χ2n) is 7.03. The summed E-state index contributed by atoms with van der Waals surface area (Å²) in [5.41, 5.74) is 0.730. The van der Waals surface area contributed by atoms with Gasteiger partial charge in [-0.2, -0.15) is 4.31 Å². The predicted molar refractivity (Wildman–Crippen MR) is 112 cm³/mol. The zero-order valence-corrected chi connectivity index (χ0v) is 17.5. The Hall–Kier alpha value is -2.22. The summed E-state index contributed by atoms with van der Waals surface area (Å²) < 4.78 is 27.6. The molecule has 0 N–H and O–H groups in total. The minimum Gasteiger partial charge on any atom is -0.336 e. The number of sulfonamides is 1. The van der Waals surface area contributed by atoms with Gasteiger partial charge in [0.15, 0.2) is 0 Å². The zero-order chi connectivity index (χ0) is 19.9. The number of piperazine rings is 1. The summed E-state index contributed by atoms with van der Waals surface area (Å²) in [5, 5.41) is 1.92. The SMILES string of the molecule is Cc1cc(C(=O)N2CCN(S(=O)(=O)c3ccc4ccccc4c3)CC2)c(C)s1. The van der Waals surface area contributed by atoms with Crippen molar-refractivity contribution in [1.82, 2.24) is 9.21 Å². The highest BCUT2D eigenvalue weighted by Gasteiger charge is 2.31. The fraction of sp³-hybridized carbons (Fsp3) is 0.286. The van der Waals surface area contributed by atoms with Crippen LogP contribution in [0.3, 0.4) is 0 Å². The number of carbonyl (C=O) groups is 1. The zero-order valence-electron chi connectivity index (χ0n) is 15.9. The van der Waals surface area contributed by atoms with Crippen LogP contribution in [0.1, 0.15) is 20.1 Å². The van der Waals surface area contributed by atoms with Crippen LogP contribution in [0.15, 0.2) is 53.4 Å². The molecule has 0 bridgehead atoms. The van der Waals surface area contributed by atoms with Crippen LogP contribution >= 0.6 is 11.3 Å². The minimum absolute atomic E-state index is 0.00963. The van der Waals surface area contributed by atoms with Crippen molar-refractivity contribution in [2.24, 2.45) is 0 Å². The third kappa shape index (κ3) is 3.45. The van der Waals surface area contributed by atoms with Crippen molar-refractivity contribution in [3.8, 4) is 0 Å². The van der Waals surface area contributed by atoms with E-state index in [2.05, 4.69) is 0 Å². The lowest BCUT2D eigenvalue weighted by Crippen LogP contribution is -2.50. The first-order valence-corrected chi connectivity index (χ1v) is 11.5. The lowest BCUT2D eigenvalue weighted by Gasteiger charge is -2.34. The van der Waals surface area contributed by atoms with Crippen molar-refractivity contribution < 1.29 is 13.2 Å². The smallest absolute Gasteiger partial charge is 0.255 e. The maximum absolute atomic E-state index is 13.1. The van der Waals surface area contributed by atoms with Gasteiger partial charge in [-0.25, -0.2) is 8.42 Å². The average molecular weight is 415 g/mol. The number of benzene rings is 2. The Morgan fingerprint density at radius 1 is 0.929 bits per heavy atom. The normalized spacial score (nSPS) is 15.9. The molecule has 1 fully saturated rings. The van der Waals surface area contributed by atoms with Gasteiger partial charge in [-0.05, 0) is 42.8 Å². The maximum atomic E-state index is 13.1. The highest BCUT2D eigenvalue weighted by atomic mass is 32.2. The molecule has 2 heterocycles. The van der Waals surface area contributed by atoms with E-state index in [0.29, 0.717) is 31.1 Å². The molecule has 0 unspecified atom stereocenters. The molecule has 2 aromatic carbocycles. The molecule has 1 aliphatic heterocycles. The Balaban J connectivity index is 1.50. The lowest BCUT2D eigenvalue weighted by molar-refractivity contribution is 0.0697. The standard InChI is InChI=1S/C21H22N2O3S2/c1-15-13-20(16(2)27-15)21(24)22-9-11-23(12-10-22)28(25,26)19-8-7-17-5-3-4-6-18(17)14-19/h3-8,13-14H,9-12H2,1-2H3. The van der Waals surface area contributed by atoms with Crippen LogP contribution in [0.2, 0.25) is 0 Å². The van der Waals surface area contributed by atoms with Crippen LogP contribution in [0, 0.1) is 13.8 Å². The second-order valence-corrected chi connectivity index (χ2v) is 10.4. The van der Waals surface area contributed by atoms with E-state index in [1.54, 1.807) is 28.4 Å². The van der Waals surface area contributed by atoms with Crippen LogP contribution in [0.5, 0.6) is 0 Å². The number of nitrogens with zero attached hydrogens (tertiary/aromatic N) is 2. The highest BCUT2D eigenvalue weighted by molar-refractivity contribution is 7.89. The summed E-state index contributed by atoms with van der Waals surface area (Å²) in [4.78, 5) is 16.9. The van der Waals surface area contributed by atoms with Gasteiger partial charge in [0.2, 0.25) is 10.0 Å². The number of rotatable bonds is 3. The monoisotopic (exact) mass is 414 g/mol. The molecule has 0 saturated carbocycles. The Kier molecular flexibility index (Phi) is 4.99. The molecule has 3 aromatic rings. The molecule has 7 heteroatoms. The van der Waals surface area contributed by atoms with Gasteiger partial charge in [0.05, 0.1) is 10.5 Å². The minimum atomic E-state index is -3.57. The number of fused-ring (bicyclic) bond motifs is 1. The van der Waals surface area contributed by atoms with Gasteiger partial charge in [-0.3, -0.25) is 4.79 Å². The number of aryl methyl sites for hydroxylation is 2. The molecule has 28 heavy (non-hydrogen) atoms. The fourth-order valence-electron chi connectivity index (χ4n) is 3.62.